The normalized spacial score (nSPS) is 13.4. The summed E-state index contributed by atoms with van der Waals surface area (Å²) in [5, 5.41) is 0.829. The number of hydrogen-bond acceptors (Lipinski definition) is 5. The highest BCUT2D eigenvalue weighted by atomic mass is 16.5. The van der Waals surface area contributed by atoms with Crippen molar-refractivity contribution in [2.75, 3.05) is 18.1 Å². The zero-order chi connectivity index (χ0) is 20.4. The lowest BCUT2D eigenvalue weighted by atomic mass is 10.1. The van der Waals surface area contributed by atoms with Gasteiger partial charge in [0, 0.05) is 10.9 Å². The van der Waals surface area contributed by atoms with E-state index in [1.165, 1.54) is 4.90 Å². The minimum atomic E-state index is -0.571. The second-order valence-electron chi connectivity index (χ2n) is 6.60. The van der Waals surface area contributed by atoms with E-state index < -0.39 is 11.8 Å². The highest BCUT2D eigenvalue weighted by Crippen LogP contribution is 2.30. The van der Waals surface area contributed by atoms with Crippen molar-refractivity contribution in [3.05, 3.63) is 59.9 Å². The zero-order valence-corrected chi connectivity index (χ0v) is 15.7. The molecule has 1 aliphatic rings. The first-order valence-electron chi connectivity index (χ1n) is 9.14. The van der Waals surface area contributed by atoms with Crippen LogP contribution in [0.4, 0.5) is 5.69 Å². The van der Waals surface area contributed by atoms with Gasteiger partial charge in [-0.3, -0.25) is 30.1 Å². The molecular formula is C21H19N3O5. The number of nitrogens with zero attached hydrogens (tertiary/aromatic N) is 1. The Hall–Kier alpha value is -3.81. The number of aryl methyl sites for hydroxylation is 1. The lowest BCUT2D eigenvalue weighted by Crippen LogP contribution is -2.47. The van der Waals surface area contributed by atoms with Crippen molar-refractivity contribution in [1.82, 2.24) is 10.9 Å². The molecule has 1 aromatic heterocycles. The predicted octanol–water partition coefficient (Wildman–Crippen LogP) is 2.32. The summed E-state index contributed by atoms with van der Waals surface area (Å²) in [5.74, 6) is -0.691. The lowest BCUT2D eigenvalue weighted by molar-refractivity contribution is -0.124. The number of carbonyl (C=O) groups is 3. The highest BCUT2D eigenvalue weighted by molar-refractivity contribution is 6.02. The lowest BCUT2D eigenvalue weighted by Gasteiger charge is -2.21. The molecule has 3 aromatic rings. The number of carbonyl (C=O) groups excluding carboxylic acids is 3. The standard InChI is InChI=1S/C21H19N3O5/c1-13-14-6-2-4-8-16(14)29-20(13)21(27)23-22-18(25)12-24-15-7-3-5-9-17(15)28-11-10-19(24)26/h2-9H,10-12H2,1H3,(H,22,25)(H,23,27). The molecule has 0 spiro atoms. The molecule has 8 nitrogen and oxygen atoms in total. The summed E-state index contributed by atoms with van der Waals surface area (Å²) in [4.78, 5) is 38.5. The molecule has 29 heavy (non-hydrogen) atoms. The van der Waals surface area contributed by atoms with Crippen molar-refractivity contribution >= 4 is 34.4 Å². The molecule has 1 aliphatic heterocycles. The fourth-order valence-corrected chi connectivity index (χ4v) is 3.25. The third-order valence-corrected chi connectivity index (χ3v) is 4.70. The van der Waals surface area contributed by atoms with E-state index >= 15 is 0 Å². The van der Waals surface area contributed by atoms with Gasteiger partial charge < -0.3 is 9.15 Å². The van der Waals surface area contributed by atoms with Crippen LogP contribution in [0.3, 0.4) is 0 Å². The fourth-order valence-electron chi connectivity index (χ4n) is 3.25. The molecule has 4 rings (SSSR count). The number of furan rings is 1. The first-order chi connectivity index (χ1) is 14.0. The molecule has 0 atom stereocenters. The number of hydrazine groups is 1. The van der Waals surface area contributed by atoms with Crippen LogP contribution < -0.4 is 20.5 Å². The molecule has 0 saturated heterocycles. The molecule has 0 fully saturated rings. The summed E-state index contributed by atoms with van der Waals surface area (Å²) in [6.07, 6.45) is 0.159. The molecule has 0 aliphatic carbocycles. The summed E-state index contributed by atoms with van der Waals surface area (Å²) in [7, 11) is 0. The van der Waals surface area contributed by atoms with Crippen LogP contribution in [0.5, 0.6) is 5.75 Å². The summed E-state index contributed by atoms with van der Waals surface area (Å²) in [6.45, 7) is 1.77. The smallest absolute Gasteiger partial charge is 0.305 e. The van der Waals surface area contributed by atoms with Crippen LogP contribution in [0.15, 0.2) is 52.9 Å². The Bertz CT molecular complexity index is 1100. The van der Waals surface area contributed by atoms with E-state index in [2.05, 4.69) is 10.9 Å². The molecule has 0 bridgehead atoms. The Morgan fingerprint density at radius 2 is 1.83 bits per heavy atom. The van der Waals surface area contributed by atoms with Crippen molar-refractivity contribution in [3.63, 3.8) is 0 Å². The van der Waals surface area contributed by atoms with Gasteiger partial charge in [0.15, 0.2) is 5.76 Å². The van der Waals surface area contributed by atoms with Crippen LogP contribution in [-0.4, -0.2) is 30.9 Å². The van der Waals surface area contributed by atoms with E-state index in [9.17, 15) is 14.4 Å². The first kappa shape index (κ1) is 18.5. The van der Waals surface area contributed by atoms with Crippen molar-refractivity contribution < 1.29 is 23.5 Å². The van der Waals surface area contributed by atoms with Crippen LogP contribution >= 0.6 is 0 Å². The molecule has 0 radical (unpaired) electrons. The van der Waals surface area contributed by atoms with Gasteiger partial charge in [0.05, 0.1) is 18.7 Å². The number of hydrogen-bond donors (Lipinski definition) is 2. The number of anilines is 1. The Morgan fingerprint density at radius 1 is 1.07 bits per heavy atom. The third kappa shape index (κ3) is 3.64. The monoisotopic (exact) mass is 393 g/mol. The quantitative estimate of drug-likeness (QED) is 0.665. The maximum Gasteiger partial charge on any atom is 0.305 e. The average molecular weight is 393 g/mol. The Labute approximate surface area is 166 Å². The summed E-state index contributed by atoms with van der Waals surface area (Å²) < 4.78 is 11.1. The SMILES string of the molecule is Cc1c(C(=O)NNC(=O)CN2C(=O)CCOc3ccccc32)oc2ccccc12. The van der Waals surface area contributed by atoms with E-state index in [4.69, 9.17) is 9.15 Å². The first-order valence-corrected chi connectivity index (χ1v) is 9.14. The molecule has 3 amide bonds. The van der Waals surface area contributed by atoms with Gasteiger partial charge in [-0.1, -0.05) is 30.3 Å². The van der Waals surface area contributed by atoms with Crippen LogP contribution in [0, 0.1) is 6.92 Å². The number of benzene rings is 2. The Morgan fingerprint density at radius 3 is 2.66 bits per heavy atom. The largest absolute Gasteiger partial charge is 0.491 e. The van der Waals surface area contributed by atoms with Crippen LogP contribution in [0.25, 0.3) is 11.0 Å². The van der Waals surface area contributed by atoms with E-state index in [0.29, 0.717) is 22.6 Å². The van der Waals surface area contributed by atoms with Gasteiger partial charge >= 0.3 is 5.91 Å². The van der Waals surface area contributed by atoms with Gasteiger partial charge in [0.25, 0.3) is 5.91 Å². The average Bonchev–Trinajstić information content (AvgIpc) is 2.99. The van der Waals surface area contributed by atoms with Crippen LogP contribution in [-0.2, 0) is 9.59 Å². The van der Waals surface area contributed by atoms with E-state index in [0.717, 1.165) is 5.39 Å². The van der Waals surface area contributed by atoms with Gasteiger partial charge in [-0.25, -0.2) is 0 Å². The number of nitrogens with one attached hydrogen (secondary N) is 2. The van der Waals surface area contributed by atoms with Crippen LogP contribution in [0.2, 0.25) is 0 Å². The fraction of sp³-hybridized carbons (Fsp3) is 0.190. The topological polar surface area (TPSA) is 101 Å². The molecule has 8 heteroatoms. The molecule has 148 valence electrons. The maximum atomic E-state index is 12.4. The zero-order valence-electron chi connectivity index (χ0n) is 15.7. The van der Waals surface area contributed by atoms with Crippen molar-refractivity contribution in [2.24, 2.45) is 0 Å². The Kier molecular flexibility index (Phi) is 4.90. The minimum absolute atomic E-state index is 0.121. The molecular weight excluding hydrogens is 374 g/mol. The molecule has 0 unspecified atom stereocenters. The number of rotatable bonds is 3. The number of ether oxygens (including phenoxy) is 1. The van der Waals surface area contributed by atoms with E-state index in [1.54, 1.807) is 37.3 Å². The number of fused-ring (bicyclic) bond motifs is 2. The van der Waals surface area contributed by atoms with Crippen molar-refractivity contribution in [2.45, 2.75) is 13.3 Å². The van der Waals surface area contributed by atoms with E-state index in [-0.39, 0.29) is 31.2 Å². The van der Waals surface area contributed by atoms with Gasteiger partial charge in [-0.2, -0.15) is 0 Å². The van der Waals surface area contributed by atoms with Crippen molar-refractivity contribution in [1.29, 1.82) is 0 Å². The van der Waals surface area contributed by atoms with Crippen molar-refractivity contribution in [3.8, 4) is 5.75 Å². The summed E-state index contributed by atoms with van der Waals surface area (Å²) in [5.41, 5.74) is 6.47. The summed E-state index contributed by atoms with van der Waals surface area (Å²) >= 11 is 0. The van der Waals surface area contributed by atoms with Crippen LogP contribution in [0.1, 0.15) is 22.5 Å². The number of amides is 3. The van der Waals surface area contributed by atoms with Gasteiger partial charge in [0.2, 0.25) is 5.91 Å². The molecule has 2 aromatic carbocycles. The minimum Gasteiger partial charge on any atom is -0.491 e. The predicted molar refractivity (Wildman–Crippen MR) is 105 cm³/mol. The third-order valence-electron chi connectivity index (χ3n) is 4.70. The van der Waals surface area contributed by atoms with E-state index in [1.807, 2.05) is 18.2 Å². The maximum absolute atomic E-state index is 12.4. The second-order valence-corrected chi connectivity index (χ2v) is 6.60. The highest BCUT2D eigenvalue weighted by Gasteiger charge is 2.25. The molecule has 0 saturated carbocycles. The molecule has 2 N–H and O–H groups in total. The number of para-hydroxylation sites is 3. The van der Waals surface area contributed by atoms with Gasteiger partial charge in [-0.05, 0) is 25.1 Å². The van der Waals surface area contributed by atoms with Gasteiger partial charge in [-0.15, -0.1) is 0 Å². The van der Waals surface area contributed by atoms with Gasteiger partial charge in [0.1, 0.15) is 17.9 Å². The second kappa shape index (κ2) is 7.67. The Balaban J connectivity index is 1.44. The summed E-state index contributed by atoms with van der Waals surface area (Å²) in [6, 6.07) is 14.3. The molecule has 2 heterocycles.